The predicted molar refractivity (Wildman–Crippen MR) is 101 cm³/mol. The molecule has 1 heterocycles. The molecule has 6 nitrogen and oxygen atoms in total. The molecular weight excluding hydrogens is 340 g/mol. The zero-order valence-electron chi connectivity index (χ0n) is 14.8. The summed E-state index contributed by atoms with van der Waals surface area (Å²) in [7, 11) is 0. The summed E-state index contributed by atoms with van der Waals surface area (Å²) < 4.78 is 7.46. The molecule has 0 atom stereocenters. The van der Waals surface area contributed by atoms with Crippen LogP contribution in [0.4, 0.5) is 0 Å². The van der Waals surface area contributed by atoms with Gasteiger partial charge in [0.15, 0.2) is 6.61 Å². The van der Waals surface area contributed by atoms with Crippen molar-refractivity contribution in [2.75, 3.05) is 13.2 Å². The van der Waals surface area contributed by atoms with Crippen molar-refractivity contribution in [2.24, 2.45) is 0 Å². The summed E-state index contributed by atoms with van der Waals surface area (Å²) in [5, 5.41) is 11.7. The Labute approximate surface area is 158 Å². The van der Waals surface area contributed by atoms with E-state index in [1.54, 1.807) is 24.7 Å². The lowest BCUT2D eigenvalue weighted by atomic mass is 10.1. The molecule has 0 saturated carbocycles. The normalized spacial score (nSPS) is 10.2. The molecule has 1 amide bonds. The van der Waals surface area contributed by atoms with Gasteiger partial charge in [0.05, 0.1) is 18.0 Å². The number of imidazole rings is 1. The molecule has 136 valence electrons. The number of nitrogens with zero attached hydrogens (tertiary/aromatic N) is 3. The maximum atomic E-state index is 11.9. The lowest BCUT2D eigenvalue weighted by Gasteiger charge is -2.10. The number of para-hydroxylation sites is 1. The Morgan fingerprint density at radius 3 is 2.67 bits per heavy atom. The Morgan fingerprint density at radius 1 is 1.15 bits per heavy atom. The van der Waals surface area contributed by atoms with Gasteiger partial charge < -0.3 is 14.6 Å². The summed E-state index contributed by atoms with van der Waals surface area (Å²) in [6.07, 6.45) is 4.25. The fourth-order valence-electron chi connectivity index (χ4n) is 2.63. The second-order valence-corrected chi connectivity index (χ2v) is 6.02. The van der Waals surface area contributed by atoms with Gasteiger partial charge in [-0.05, 0) is 29.8 Å². The Morgan fingerprint density at radius 2 is 1.93 bits per heavy atom. The van der Waals surface area contributed by atoms with E-state index in [1.165, 1.54) is 0 Å². The molecule has 27 heavy (non-hydrogen) atoms. The standard InChI is InChI=1S/C21H20N4O2/c22-12-17-6-8-18(9-7-17)14-25-16-23-13-19(25)10-11-24-21(26)15-27-20-4-2-1-3-5-20/h1-9,13,16H,10-11,14-15H2,(H,24,26). The largest absolute Gasteiger partial charge is 0.484 e. The quantitative estimate of drug-likeness (QED) is 0.669. The molecular formula is C21H20N4O2. The summed E-state index contributed by atoms with van der Waals surface area (Å²) in [5.74, 6) is 0.519. The highest BCUT2D eigenvalue weighted by molar-refractivity contribution is 5.77. The van der Waals surface area contributed by atoms with Crippen molar-refractivity contribution >= 4 is 5.91 Å². The minimum Gasteiger partial charge on any atom is -0.484 e. The van der Waals surface area contributed by atoms with Crippen molar-refractivity contribution in [2.45, 2.75) is 13.0 Å². The van der Waals surface area contributed by atoms with Crippen molar-refractivity contribution in [3.63, 3.8) is 0 Å². The number of nitriles is 1. The van der Waals surface area contributed by atoms with Crippen LogP contribution < -0.4 is 10.1 Å². The van der Waals surface area contributed by atoms with E-state index in [4.69, 9.17) is 10.00 Å². The molecule has 0 bridgehead atoms. The summed E-state index contributed by atoms with van der Waals surface area (Å²) in [6, 6.07) is 18.8. The van der Waals surface area contributed by atoms with Crippen LogP contribution in [0.25, 0.3) is 0 Å². The third kappa shape index (κ3) is 5.44. The lowest BCUT2D eigenvalue weighted by molar-refractivity contribution is -0.123. The number of carbonyl (C=O) groups excluding carboxylic acids is 1. The Bertz CT molecular complexity index is 911. The SMILES string of the molecule is N#Cc1ccc(Cn2cncc2CCNC(=O)COc2ccccc2)cc1. The van der Waals surface area contributed by atoms with Crippen LogP contribution in [-0.2, 0) is 17.8 Å². The summed E-state index contributed by atoms with van der Waals surface area (Å²) in [6.45, 7) is 1.18. The first kappa shape index (κ1) is 18.2. The van der Waals surface area contributed by atoms with Gasteiger partial charge in [-0.25, -0.2) is 4.98 Å². The fraction of sp³-hybridized carbons (Fsp3) is 0.190. The third-order valence-corrected chi connectivity index (χ3v) is 4.05. The fourth-order valence-corrected chi connectivity index (χ4v) is 2.63. The van der Waals surface area contributed by atoms with E-state index in [0.29, 0.717) is 30.8 Å². The van der Waals surface area contributed by atoms with Crippen LogP contribution in [0.2, 0.25) is 0 Å². The summed E-state index contributed by atoms with van der Waals surface area (Å²) in [5.41, 5.74) is 2.77. The molecule has 0 radical (unpaired) electrons. The average molecular weight is 360 g/mol. The van der Waals surface area contributed by atoms with Gasteiger partial charge >= 0.3 is 0 Å². The van der Waals surface area contributed by atoms with Crippen LogP contribution in [0.1, 0.15) is 16.8 Å². The van der Waals surface area contributed by atoms with Crippen LogP contribution in [0, 0.1) is 11.3 Å². The maximum absolute atomic E-state index is 11.9. The van der Waals surface area contributed by atoms with Gasteiger partial charge in [0.25, 0.3) is 5.91 Å². The molecule has 3 rings (SSSR count). The van der Waals surface area contributed by atoms with Gasteiger partial charge in [-0.2, -0.15) is 5.26 Å². The zero-order valence-corrected chi connectivity index (χ0v) is 14.8. The van der Waals surface area contributed by atoms with Crippen LogP contribution in [-0.4, -0.2) is 28.6 Å². The number of benzene rings is 2. The monoisotopic (exact) mass is 360 g/mol. The molecule has 0 spiro atoms. The van der Waals surface area contributed by atoms with Crippen LogP contribution >= 0.6 is 0 Å². The predicted octanol–water partition coefficient (Wildman–Crippen LogP) is 2.54. The summed E-state index contributed by atoms with van der Waals surface area (Å²) >= 11 is 0. The van der Waals surface area contributed by atoms with Gasteiger partial charge in [-0.15, -0.1) is 0 Å². The maximum Gasteiger partial charge on any atom is 0.257 e. The molecule has 2 aromatic carbocycles. The van der Waals surface area contributed by atoms with E-state index < -0.39 is 0 Å². The Hall–Kier alpha value is -3.59. The summed E-state index contributed by atoms with van der Waals surface area (Å²) in [4.78, 5) is 16.1. The van der Waals surface area contributed by atoms with Crippen molar-refractivity contribution in [3.8, 4) is 11.8 Å². The first-order valence-electron chi connectivity index (χ1n) is 8.67. The minimum atomic E-state index is -0.156. The molecule has 0 aliphatic carbocycles. The molecule has 0 unspecified atom stereocenters. The van der Waals surface area contributed by atoms with Gasteiger partial charge in [-0.3, -0.25) is 4.79 Å². The molecule has 3 aromatic rings. The second-order valence-electron chi connectivity index (χ2n) is 6.02. The smallest absolute Gasteiger partial charge is 0.257 e. The number of ether oxygens (including phenoxy) is 1. The van der Waals surface area contributed by atoms with Gasteiger partial charge in [0.2, 0.25) is 0 Å². The van der Waals surface area contributed by atoms with Crippen molar-refractivity contribution in [1.29, 1.82) is 5.26 Å². The average Bonchev–Trinajstić information content (AvgIpc) is 3.15. The number of aromatic nitrogens is 2. The minimum absolute atomic E-state index is 0.00544. The molecule has 1 N–H and O–H groups in total. The van der Waals surface area contributed by atoms with E-state index in [2.05, 4.69) is 16.4 Å². The third-order valence-electron chi connectivity index (χ3n) is 4.05. The first-order valence-corrected chi connectivity index (χ1v) is 8.67. The van der Waals surface area contributed by atoms with Gasteiger partial charge in [0, 0.05) is 31.4 Å². The number of hydrogen-bond acceptors (Lipinski definition) is 4. The molecule has 0 aliphatic heterocycles. The van der Waals surface area contributed by atoms with E-state index in [1.807, 2.05) is 47.0 Å². The van der Waals surface area contributed by atoms with Crippen LogP contribution in [0.3, 0.4) is 0 Å². The number of rotatable bonds is 8. The van der Waals surface area contributed by atoms with E-state index >= 15 is 0 Å². The van der Waals surface area contributed by atoms with Crippen LogP contribution in [0.15, 0.2) is 67.1 Å². The van der Waals surface area contributed by atoms with Crippen LogP contribution in [0.5, 0.6) is 5.75 Å². The molecule has 6 heteroatoms. The molecule has 1 aromatic heterocycles. The van der Waals surface area contributed by atoms with Crippen molar-refractivity contribution < 1.29 is 9.53 Å². The first-order chi connectivity index (χ1) is 13.2. The highest BCUT2D eigenvalue weighted by atomic mass is 16.5. The van der Waals surface area contributed by atoms with E-state index in [9.17, 15) is 4.79 Å². The zero-order chi connectivity index (χ0) is 18.9. The molecule has 0 fully saturated rings. The number of amides is 1. The van der Waals surface area contributed by atoms with E-state index in [-0.39, 0.29) is 12.5 Å². The lowest BCUT2D eigenvalue weighted by Crippen LogP contribution is -2.30. The highest BCUT2D eigenvalue weighted by Gasteiger charge is 2.06. The number of carbonyl (C=O) groups is 1. The Kier molecular flexibility index (Phi) is 6.21. The second kappa shape index (κ2) is 9.20. The number of hydrogen-bond donors (Lipinski definition) is 1. The molecule has 0 saturated heterocycles. The number of nitrogens with one attached hydrogen (secondary N) is 1. The highest BCUT2D eigenvalue weighted by Crippen LogP contribution is 2.09. The van der Waals surface area contributed by atoms with Gasteiger partial charge in [0.1, 0.15) is 5.75 Å². The van der Waals surface area contributed by atoms with Gasteiger partial charge in [-0.1, -0.05) is 30.3 Å². The van der Waals surface area contributed by atoms with E-state index in [0.717, 1.165) is 11.3 Å². The topological polar surface area (TPSA) is 79.9 Å². The molecule has 0 aliphatic rings. The van der Waals surface area contributed by atoms with Crippen molar-refractivity contribution in [1.82, 2.24) is 14.9 Å². The van der Waals surface area contributed by atoms with Crippen molar-refractivity contribution in [3.05, 3.63) is 83.9 Å². The Balaban J connectivity index is 1.45.